The van der Waals surface area contributed by atoms with E-state index in [1.165, 1.54) is 17.0 Å². The molecule has 0 saturated carbocycles. The van der Waals surface area contributed by atoms with Crippen molar-refractivity contribution in [2.24, 2.45) is 0 Å². The number of benzene rings is 1. The third-order valence-corrected chi connectivity index (χ3v) is 3.79. The summed E-state index contributed by atoms with van der Waals surface area (Å²) in [5.74, 6) is 1.45. The summed E-state index contributed by atoms with van der Waals surface area (Å²) in [7, 11) is 1.67. The predicted molar refractivity (Wildman–Crippen MR) is 95.5 cm³/mol. The Balaban J connectivity index is 2.17. The SMILES string of the molecule is CC1=CC(=C=O)c2cc(F)ccc2N1CCN(C)C(=O)OC(C)(C)C. The lowest BCUT2D eigenvalue weighted by atomic mass is 9.98. The molecule has 134 valence electrons. The van der Waals surface area contributed by atoms with Gasteiger partial charge in [-0.3, -0.25) is 0 Å². The van der Waals surface area contributed by atoms with Gasteiger partial charge >= 0.3 is 6.09 Å². The predicted octanol–water partition coefficient (Wildman–Crippen LogP) is 3.63. The van der Waals surface area contributed by atoms with Crippen molar-refractivity contribution >= 4 is 23.3 Å². The van der Waals surface area contributed by atoms with Gasteiger partial charge < -0.3 is 14.5 Å². The quantitative estimate of drug-likeness (QED) is 0.784. The van der Waals surface area contributed by atoms with E-state index >= 15 is 0 Å². The smallest absolute Gasteiger partial charge is 0.410 e. The lowest BCUT2D eigenvalue weighted by Gasteiger charge is -2.33. The van der Waals surface area contributed by atoms with Crippen LogP contribution in [0.2, 0.25) is 0 Å². The van der Waals surface area contributed by atoms with E-state index in [-0.39, 0.29) is 0 Å². The fourth-order valence-corrected chi connectivity index (χ4v) is 2.58. The molecule has 2 rings (SSSR count). The first-order chi connectivity index (χ1) is 11.6. The second-order valence-corrected chi connectivity index (χ2v) is 7.02. The number of halogens is 1. The van der Waals surface area contributed by atoms with Crippen molar-refractivity contribution in [1.29, 1.82) is 0 Å². The molecule has 0 fully saturated rings. The zero-order valence-electron chi connectivity index (χ0n) is 15.2. The lowest BCUT2D eigenvalue weighted by Crippen LogP contribution is -2.39. The first-order valence-electron chi connectivity index (χ1n) is 8.07. The Bertz CT molecular complexity index is 758. The van der Waals surface area contributed by atoms with Crippen molar-refractivity contribution in [2.75, 3.05) is 25.0 Å². The van der Waals surface area contributed by atoms with Crippen LogP contribution in [0.1, 0.15) is 33.3 Å². The number of nitrogens with zero attached hydrogens (tertiary/aromatic N) is 2. The van der Waals surface area contributed by atoms with E-state index in [1.807, 2.05) is 38.5 Å². The molecule has 1 aliphatic rings. The summed E-state index contributed by atoms with van der Waals surface area (Å²) in [6.07, 6.45) is 1.27. The Morgan fingerprint density at radius 2 is 2.04 bits per heavy atom. The van der Waals surface area contributed by atoms with E-state index < -0.39 is 17.5 Å². The van der Waals surface area contributed by atoms with Crippen LogP contribution in [0.15, 0.2) is 30.0 Å². The molecule has 0 atom stereocenters. The number of ether oxygens (including phenoxy) is 1. The minimum absolute atomic E-state index is 0.323. The van der Waals surface area contributed by atoms with Gasteiger partial charge in [0.2, 0.25) is 0 Å². The number of likely N-dealkylation sites (N-methyl/N-ethyl adjacent to an activating group) is 1. The van der Waals surface area contributed by atoms with Gasteiger partial charge in [0.15, 0.2) is 0 Å². The highest BCUT2D eigenvalue weighted by Gasteiger charge is 2.24. The summed E-state index contributed by atoms with van der Waals surface area (Å²) in [6, 6.07) is 4.31. The maximum Gasteiger partial charge on any atom is 0.410 e. The average Bonchev–Trinajstić information content (AvgIpc) is 2.51. The molecule has 0 aromatic heterocycles. The molecule has 0 saturated heterocycles. The van der Waals surface area contributed by atoms with Crippen LogP contribution in [0.25, 0.3) is 5.57 Å². The maximum absolute atomic E-state index is 13.6. The number of carbonyl (C=O) groups excluding carboxylic acids is 2. The molecule has 1 heterocycles. The van der Waals surface area contributed by atoms with Gasteiger partial charge in [0.1, 0.15) is 17.4 Å². The van der Waals surface area contributed by atoms with E-state index in [2.05, 4.69) is 0 Å². The molecular formula is C19H23FN2O3. The van der Waals surface area contributed by atoms with Gasteiger partial charge in [-0.15, -0.1) is 0 Å². The highest BCUT2D eigenvalue weighted by atomic mass is 19.1. The Kier molecular flexibility index (Phi) is 5.33. The number of fused-ring (bicyclic) bond motifs is 1. The highest BCUT2D eigenvalue weighted by Crippen LogP contribution is 2.35. The van der Waals surface area contributed by atoms with Crippen LogP contribution in [-0.2, 0) is 9.53 Å². The van der Waals surface area contributed by atoms with E-state index in [1.54, 1.807) is 19.2 Å². The molecule has 0 unspecified atom stereocenters. The standard InChI is InChI=1S/C19H23FN2O3/c1-13-10-14(12-23)16-11-15(20)6-7-17(16)22(13)9-8-21(5)18(24)25-19(2,3)4/h6-7,10-11H,8-9H2,1-5H3. The lowest BCUT2D eigenvalue weighted by molar-refractivity contribution is 0.0303. The summed E-state index contributed by atoms with van der Waals surface area (Å²) in [6.45, 7) is 8.20. The van der Waals surface area contributed by atoms with Crippen LogP contribution in [0.3, 0.4) is 0 Å². The monoisotopic (exact) mass is 346 g/mol. The molecule has 1 aromatic rings. The molecule has 1 amide bonds. The average molecular weight is 346 g/mol. The summed E-state index contributed by atoms with van der Waals surface area (Å²) in [4.78, 5) is 26.7. The van der Waals surface area contributed by atoms with Gasteiger partial charge in [-0.2, -0.15) is 0 Å². The number of anilines is 1. The molecule has 1 aliphatic heterocycles. The van der Waals surface area contributed by atoms with Crippen LogP contribution in [-0.4, -0.2) is 42.7 Å². The third kappa shape index (κ3) is 4.48. The largest absolute Gasteiger partial charge is 0.444 e. The molecule has 0 bridgehead atoms. The molecule has 1 aromatic carbocycles. The number of hydrogen-bond donors (Lipinski definition) is 0. The van der Waals surface area contributed by atoms with Gasteiger partial charge in [-0.05, 0) is 52.0 Å². The van der Waals surface area contributed by atoms with Crippen LogP contribution in [0.4, 0.5) is 14.9 Å². The van der Waals surface area contributed by atoms with Crippen molar-refractivity contribution in [2.45, 2.75) is 33.3 Å². The highest BCUT2D eigenvalue weighted by molar-refractivity contribution is 6.00. The van der Waals surface area contributed by atoms with Crippen molar-refractivity contribution in [3.63, 3.8) is 0 Å². The van der Waals surface area contributed by atoms with Gasteiger partial charge in [0.05, 0.1) is 5.57 Å². The molecule has 0 radical (unpaired) electrons. The third-order valence-electron chi connectivity index (χ3n) is 3.79. The van der Waals surface area contributed by atoms with Crippen molar-refractivity contribution in [1.82, 2.24) is 4.90 Å². The van der Waals surface area contributed by atoms with Gasteiger partial charge in [-0.1, -0.05) is 0 Å². The Hall–Kier alpha value is -2.59. The van der Waals surface area contributed by atoms with Gasteiger partial charge in [0.25, 0.3) is 0 Å². The summed E-state index contributed by atoms with van der Waals surface area (Å²) in [5.41, 5.74) is 1.82. The second kappa shape index (κ2) is 7.11. The van der Waals surface area contributed by atoms with E-state index in [4.69, 9.17) is 4.74 Å². The van der Waals surface area contributed by atoms with Crippen LogP contribution in [0.5, 0.6) is 0 Å². The van der Waals surface area contributed by atoms with Crippen LogP contribution in [0, 0.1) is 5.82 Å². The first kappa shape index (κ1) is 18.7. The number of allylic oxidation sites excluding steroid dienone is 3. The van der Waals surface area contributed by atoms with Crippen molar-refractivity contribution < 1.29 is 18.7 Å². The zero-order valence-corrected chi connectivity index (χ0v) is 15.2. The summed E-state index contributed by atoms with van der Waals surface area (Å²) in [5, 5.41) is 0. The molecule has 5 nitrogen and oxygen atoms in total. The zero-order chi connectivity index (χ0) is 18.8. The van der Waals surface area contributed by atoms with Crippen molar-refractivity contribution in [3.8, 4) is 0 Å². The van der Waals surface area contributed by atoms with E-state index in [0.29, 0.717) is 24.2 Å². The van der Waals surface area contributed by atoms with Crippen LogP contribution >= 0.6 is 0 Å². The fraction of sp³-hybridized carbons (Fsp3) is 0.421. The van der Waals surface area contributed by atoms with Crippen molar-refractivity contribution in [3.05, 3.63) is 41.4 Å². The number of amides is 1. The molecule has 0 N–H and O–H groups in total. The number of hydrogen-bond acceptors (Lipinski definition) is 4. The maximum atomic E-state index is 13.6. The minimum Gasteiger partial charge on any atom is -0.444 e. The Labute approximate surface area is 147 Å². The van der Waals surface area contributed by atoms with Crippen LogP contribution < -0.4 is 4.90 Å². The normalized spacial score (nSPS) is 13.8. The molecule has 0 spiro atoms. The molecule has 6 heteroatoms. The summed E-state index contributed by atoms with van der Waals surface area (Å²) < 4.78 is 18.9. The number of carbonyl (C=O) groups is 1. The fourth-order valence-electron chi connectivity index (χ4n) is 2.58. The van der Waals surface area contributed by atoms with E-state index in [9.17, 15) is 14.0 Å². The topological polar surface area (TPSA) is 49.9 Å². The minimum atomic E-state index is -0.555. The molecular weight excluding hydrogens is 323 g/mol. The second-order valence-electron chi connectivity index (χ2n) is 7.02. The van der Waals surface area contributed by atoms with E-state index in [0.717, 1.165) is 11.4 Å². The Morgan fingerprint density at radius 3 is 2.64 bits per heavy atom. The molecule has 25 heavy (non-hydrogen) atoms. The molecule has 0 aliphatic carbocycles. The van der Waals surface area contributed by atoms with Gasteiger partial charge in [-0.25, -0.2) is 14.0 Å². The van der Waals surface area contributed by atoms with Gasteiger partial charge in [0, 0.05) is 37.1 Å². The Morgan fingerprint density at radius 1 is 1.36 bits per heavy atom. The summed E-state index contributed by atoms with van der Waals surface area (Å²) >= 11 is 0. The number of rotatable bonds is 3. The first-order valence-corrected chi connectivity index (χ1v) is 8.07.